The predicted octanol–water partition coefficient (Wildman–Crippen LogP) is 2.94. The maximum absolute atomic E-state index is 12.9. The van der Waals surface area contributed by atoms with Crippen molar-refractivity contribution in [3.63, 3.8) is 0 Å². The van der Waals surface area contributed by atoms with E-state index in [-0.39, 0.29) is 11.9 Å². The molecule has 3 aromatic rings. The molecule has 154 valence electrons. The highest BCUT2D eigenvalue weighted by Gasteiger charge is 2.22. The normalized spacial score (nSPS) is 16.3. The SMILES string of the molecule is CN(CCc1ccncc1)C(=O)c1ccnc(N2CCN[C@H](c3ccccc3)C2)c1. The van der Waals surface area contributed by atoms with Crippen LogP contribution in [0.15, 0.2) is 73.2 Å². The van der Waals surface area contributed by atoms with Crippen molar-refractivity contribution in [3.05, 3.63) is 89.9 Å². The molecule has 30 heavy (non-hydrogen) atoms. The van der Waals surface area contributed by atoms with Crippen molar-refractivity contribution in [2.45, 2.75) is 12.5 Å². The average molecular weight is 402 g/mol. The highest BCUT2D eigenvalue weighted by molar-refractivity contribution is 5.94. The van der Waals surface area contributed by atoms with Crippen LogP contribution >= 0.6 is 0 Å². The summed E-state index contributed by atoms with van der Waals surface area (Å²) in [7, 11) is 1.85. The number of hydrogen-bond donors (Lipinski definition) is 1. The van der Waals surface area contributed by atoms with E-state index < -0.39 is 0 Å². The Morgan fingerprint density at radius 2 is 1.93 bits per heavy atom. The van der Waals surface area contributed by atoms with Gasteiger partial charge in [-0.15, -0.1) is 0 Å². The highest BCUT2D eigenvalue weighted by Crippen LogP contribution is 2.22. The van der Waals surface area contributed by atoms with E-state index in [0.29, 0.717) is 12.1 Å². The Morgan fingerprint density at radius 1 is 1.13 bits per heavy atom. The number of hydrogen-bond acceptors (Lipinski definition) is 5. The first kappa shape index (κ1) is 20.0. The van der Waals surface area contributed by atoms with Gasteiger partial charge in [0.05, 0.1) is 0 Å². The fourth-order valence-corrected chi connectivity index (χ4v) is 3.76. The summed E-state index contributed by atoms with van der Waals surface area (Å²) in [5.74, 6) is 0.869. The van der Waals surface area contributed by atoms with Crippen LogP contribution in [0.3, 0.4) is 0 Å². The van der Waals surface area contributed by atoms with Gasteiger partial charge in [-0.3, -0.25) is 9.78 Å². The highest BCUT2D eigenvalue weighted by atomic mass is 16.2. The number of anilines is 1. The minimum atomic E-state index is 0.0162. The summed E-state index contributed by atoms with van der Waals surface area (Å²) in [5, 5.41) is 3.57. The summed E-state index contributed by atoms with van der Waals surface area (Å²) in [5.41, 5.74) is 3.12. The zero-order chi connectivity index (χ0) is 20.8. The number of carbonyl (C=O) groups is 1. The number of likely N-dealkylation sites (N-methyl/N-ethyl adjacent to an activating group) is 1. The second-order valence-electron chi connectivity index (χ2n) is 7.60. The monoisotopic (exact) mass is 401 g/mol. The van der Waals surface area contributed by atoms with Crippen LogP contribution in [0.4, 0.5) is 5.82 Å². The quantitative estimate of drug-likeness (QED) is 0.688. The number of amides is 1. The fourth-order valence-electron chi connectivity index (χ4n) is 3.76. The van der Waals surface area contributed by atoms with Gasteiger partial charge in [0.25, 0.3) is 5.91 Å². The van der Waals surface area contributed by atoms with E-state index in [4.69, 9.17) is 0 Å². The van der Waals surface area contributed by atoms with Crippen LogP contribution in [0.1, 0.15) is 27.5 Å². The maximum atomic E-state index is 12.9. The van der Waals surface area contributed by atoms with Gasteiger partial charge < -0.3 is 15.1 Å². The van der Waals surface area contributed by atoms with Crippen LogP contribution in [-0.2, 0) is 6.42 Å². The van der Waals surface area contributed by atoms with Crippen molar-refractivity contribution in [2.24, 2.45) is 0 Å². The van der Waals surface area contributed by atoms with Crippen LogP contribution in [0.5, 0.6) is 0 Å². The molecule has 1 aliphatic heterocycles. The smallest absolute Gasteiger partial charge is 0.253 e. The Labute approximate surface area is 177 Å². The largest absolute Gasteiger partial charge is 0.353 e. The van der Waals surface area contributed by atoms with E-state index in [9.17, 15) is 4.79 Å². The summed E-state index contributed by atoms with van der Waals surface area (Å²) in [4.78, 5) is 25.5. The molecule has 0 bridgehead atoms. The van der Waals surface area contributed by atoms with E-state index in [1.54, 1.807) is 29.6 Å². The first-order valence-corrected chi connectivity index (χ1v) is 10.3. The second kappa shape index (κ2) is 9.50. The molecule has 0 aliphatic carbocycles. The third-order valence-electron chi connectivity index (χ3n) is 5.53. The molecule has 1 fully saturated rings. The average Bonchev–Trinajstić information content (AvgIpc) is 2.83. The van der Waals surface area contributed by atoms with Gasteiger partial charge >= 0.3 is 0 Å². The number of aromatic nitrogens is 2. The number of pyridine rings is 2. The summed E-state index contributed by atoms with van der Waals surface area (Å²) in [6, 6.07) is 18.4. The molecule has 4 rings (SSSR count). The Kier molecular flexibility index (Phi) is 6.35. The molecule has 2 aromatic heterocycles. The predicted molar refractivity (Wildman–Crippen MR) is 119 cm³/mol. The van der Waals surface area contributed by atoms with Crippen molar-refractivity contribution < 1.29 is 4.79 Å². The van der Waals surface area contributed by atoms with Crippen LogP contribution in [0.2, 0.25) is 0 Å². The molecule has 0 saturated carbocycles. The molecule has 6 nitrogen and oxygen atoms in total. The minimum Gasteiger partial charge on any atom is -0.353 e. The van der Waals surface area contributed by atoms with E-state index in [1.165, 1.54) is 11.1 Å². The number of carbonyl (C=O) groups excluding carboxylic acids is 1. The van der Waals surface area contributed by atoms with Crippen LogP contribution in [-0.4, -0.2) is 54.0 Å². The lowest BCUT2D eigenvalue weighted by Gasteiger charge is -2.35. The molecular formula is C24H27N5O. The molecule has 0 spiro atoms. The number of nitrogens with zero attached hydrogens (tertiary/aromatic N) is 4. The lowest BCUT2D eigenvalue weighted by molar-refractivity contribution is 0.0796. The fraction of sp³-hybridized carbons (Fsp3) is 0.292. The molecule has 0 unspecified atom stereocenters. The topological polar surface area (TPSA) is 61.4 Å². The molecule has 3 heterocycles. The van der Waals surface area contributed by atoms with Gasteiger partial charge in [-0.2, -0.15) is 0 Å². The molecule has 1 aliphatic rings. The first-order valence-electron chi connectivity index (χ1n) is 10.3. The number of nitrogens with one attached hydrogen (secondary N) is 1. The van der Waals surface area contributed by atoms with E-state index in [2.05, 4.69) is 44.5 Å². The van der Waals surface area contributed by atoms with Crippen molar-refractivity contribution >= 4 is 11.7 Å². The number of benzene rings is 1. The van der Waals surface area contributed by atoms with Gasteiger partial charge in [0.15, 0.2) is 0 Å². The van der Waals surface area contributed by atoms with Crippen molar-refractivity contribution in [2.75, 3.05) is 38.1 Å². The molecule has 1 atom stereocenters. The van der Waals surface area contributed by atoms with Crippen LogP contribution < -0.4 is 10.2 Å². The van der Waals surface area contributed by atoms with E-state index >= 15 is 0 Å². The lowest BCUT2D eigenvalue weighted by atomic mass is 10.0. The van der Waals surface area contributed by atoms with Gasteiger partial charge in [0, 0.05) is 63.4 Å². The molecule has 1 aromatic carbocycles. The van der Waals surface area contributed by atoms with Gasteiger partial charge in [0.1, 0.15) is 5.82 Å². The molecule has 0 radical (unpaired) electrons. The van der Waals surface area contributed by atoms with Crippen molar-refractivity contribution in [1.29, 1.82) is 0 Å². The van der Waals surface area contributed by atoms with Crippen LogP contribution in [0.25, 0.3) is 0 Å². The Hall–Kier alpha value is -3.25. The first-order chi connectivity index (χ1) is 14.7. The minimum absolute atomic E-state index is 0.0162. The standard InChI is InChI=1S/C24H27N5O/c1-28(15-10-19-7-11-25-12-8-19)24(30)21-9-13-27-23(17-21)29-16-14-26-22(18-29)20-5-3-2-4-6-20/h2-9,11-13,17,22,26H,10,14-16,18H2,1H3/t22-/m0/s1. The summed E-state index contributed by atoms with van der Waals surface area (Å²) in [6.45, 7) is 3.23. The van der Waals surface area contributed by atoms with E-state index in [1.807, 2.05) is 31.3 Å². The maximum Gasteiger partial charge on any atom is 0.253 e. The Balaban J connectivity index is 1.42. The summed E-state index contributed by atoms with van der Waals surface area (Å²) < 4.78 is 0. The van der Waals surface area contributed by atoms with Gasteiger partial charge in [-0.05, 0) is 41.8 Å². The molecular weight excluding hydrogens is 374 g/mol. The van der Waals surface area contributed by atoms with Crippen LogP contribution in [0, 0.1) is 0 Å². The molecule has 1 N–H and O–H groups in total. The molecule has 1 saturated heterocycles. The molecule has 1 amide bonds. The van der Waals surface area contributed by atoms with Crippen molar-refractivity contribution in [1.82, 2.24) is 20.2 Å². The van der Waals surface area contributed by atoms with Gasteiger partial charge in [-0.25, -0.2) is 4.98 Å². The van der Waals surface area contributed by atoms with Gasteiger partial charge in [-0.1, -0.05) is 30.3 Å². The number of rotatable bonds is 6. The summed E-state index contributed by atoms with van der Waals surface area (Å²) in [6.07, 6.45) is 6.10. The zero-order valence-electron chi connectivity index (χ0n) is 17.2. The summed E-state index contributed by atoms with van der Waals surface area (Å²) >= 11 is 0. The number of piperazine rings is 1. The van der Waals surface area contributed by atoms with Crippen molar-refractivity contribution in [3.8, 4) is 0 Å². The Morgan fingerprint density at radius 3 is 2.73 bits per heavy atom. The van der Waals surface area contributed by atoms with E-state index in [0.717, 1.165) is 31.9 Å². The third kappa shape index (κ3) is 4.83. The third-order valence-corrected chi connectivity index (χ3v) is 5.53. The molecule has 6 heteroatoms. The lowest BCUT2D eigenvalue weighted by Crippen LogP contribution is -2.46. The second-order valence-corrected chi connectivity index (χ2v) is 7.60. The zero-order valence-corrected chi connectivity index (χ0v) is 17.2. The Bertz CT molecular complexity index is 964. The van der Waals surface area contributed by atoms with Gasteiger partial charge in [0.2, 0.25) is 0 Å².